The average Bonchev–Trinajstić information content (AvgIpc) is 2.57. The van der Waals surface area contributed by atoms with E-state index in [1.165, 1.54) is 0 Å². The molecule has 0 atom stereocenters. The molecule has 2 rings (SSSR count). The second-order valence-corrected chi connectivity index (χ2v) is 7.42. The quantitative estimate of drug-likeness (QED) is 0.433. The summed E-state index contributed by atoms with van der Waals surface area (Å²) in [6.07, 6.45) is 0. The van der Waals surface area contributed by atoms with E-state index < -0.39 is 0 Å². The molecule has 7 heteroatoms. The number of benzene rings is 2. The minimum absolute atomic E-state index is 0.588. The predicted octanol–water partition coefficient (Wildman–Crippen LogP) is 5.61. The van der Waals surface area contributed by atoms with E-state index in [4.69, 9.17) is 40.2 Å². The lowest BCUT2D eigenvalue weighted by molar-refractivity contribution is 0.340. The Labute approximate surface area is 168 Å². The topological polar surface area (TPSA) is 33.3 Å². The van der Waals surface area contributed by atoms with Crippen molar-refractivity contribution in [1.82, 2.24) is 5.32 Å². The molecule has 3 nitrogen and oxygen atoms in total. The van der Waals surface area contributed by atoms with E-state index in [0.29, 0.717) is 21.8 Å². The van der Waals surface area contributed by atoms with Gasteiger partial charge in [-0.2, -0.15) is 11.8 Å². The normalized spacial score (nSPS) is 10.4. The molecule has 0 aliphatic carbocycles. The highest BCUT2D eigenvalue weighted by Gasteiger charge is 2.05. The van der Waals surface area contributed by atoms with E-state index in [0.717, 1.165) is 35.1 Å². The van der Waals surface area contributed by atoms with Crippen LogP contribution in [0.25, 0.3) is 0 Å². The summed E-state index contributed by atoms with van der Waals surface area (Å²) in [5.41, 5.74) is 1.88. The van der Waals surface area contributed by atoms with Gasteiger partial charge in [-0.3, -0.25) is 0 Å². The fourth-order valence-electron chi connectivity index (χ4n) is 2.09. The van der Waals surface area contributed by atoms with Crippen molar-refractivity contribution in [3.63, 3.8) is 0 Å². The molecule has 25 heavy (non-hydrogen) atoms. The maximum absolute atomic E-state index is 6.16. The van der Waals surface area contributed by atoms with Crippen molar-refractivity contribution in [2.45, 2.75) is 12.7 Å². The molecule has 0 saturated carbocycles. The molecular formula is C18H20Cl2N2OS2. The van der Waals surface area contributed by atoms with Crippen LogP contribution in [0.15, 0.2) is 42.5 Å². The first-order chi connectivity index (χ1) is 12.1. The predicted molar refractivity (Wildman–Crippen MR) is 114 cm³/mol. The van der Waals surface area contributed by atoms with Gasteiger partial charge in [0.2, 0.25) is 0 Å². The monoisotopic (exact) mass is 414 g/mol. The lowest BCUT2D eigenvalue weighted by Gasteiger charge is -2.12. The van der Waals surface area contributed by atoms with E-state index >= 15 is 0 Å². The van der Waals surface area contributed by atoms with Crippen molar-refractivity contribution in [2.75, 3.05) is 24.2 Å². The zero-order chi connectivity index (χ0) is 18.1. The van der Waals surface area contributed by atoms with Gasteiger partial charge in [-0.1, -0.05) is 35.3 Å². The van der Waals surface area contributed by atoms with Crippen LogP contribution in [0, 0.1) is 0 Å². The number of anilines is 1. The average molecular weight is 415 g/mol. The Morgan fingerprint density at radius 1 is 1.16 bits per heavy atom. The van der Waals surface area contributed by atoms with Crippen molar-refractivity contribution in [1.29, 1.82) is 0 Å². The zero-order valence-corrected chi connectivity index (χ0v) is 17.0. The van der Waals surface area contributed by atoms with Crippen molar-refractivity contribution >= 4 is 58.0 Å². The summed E-state index contributed by atoms with van der Waals surface area (Å²) in [7, 11) is 0. The maximum Gasteiger partial charge on any atom is 0.170 e. The van der Waals surface area contributed by atoms with Gasteiger partial charge < -0.3 is 15.4 Å². The molecule has 0 fully saturated rings. The molecule has 134 valence electrons. The number of nitrogens with one attached hydrogen (secondary N) is 2. The van der Waals surface area contributed by atoms with Gasteiger partial charge in [-0.25, -0.2) is 0 Å². The van der Waals surface area contributed by atoms with Crippen LogP contribution < -0.4 is 15.4 Å². The standard InChI is InChI=1S/C18H20Cl2N2OS2/c1-2-23-14-6-3-5-13(11-14)22-18(24)21-9-10-25-12-15-16(19)7-4-8-17(15)20/h3-8,11H,2,9-10,12H2,1H3,(H2,21,22,24). The fraction of sp³-hybridized carbons (Fsp3) is 0.278. The van der Waals surface area contributed by atoms with E-state index in [1.54, 1.807) is 11.8 Å². The first-order valence-electron chi connectivity index (χ1n) is 7.88. The molecule has 0 aromatic heterocycles. The van der Waals surface area contributed by atoms with Crippen LogP contribution in [0.2, 0.25) is 10.0 Å². The Morgan fingerprint density at radius 3 is 2.60 bits per heavy atom. The molecule has 0 radical (unpaired) electrons. The van der Waals surface area contributed by atoms with Crippen molar-refractivity contribution in [2.24, 2.45) is 0 Å². The van der Waals surface area contributed by atoms with Crippen LogP contribution in [-0.4, -0.2) is 24.0 Å². The number of rotatable bonds is 8. The minimum Gasteiger partial charge on any atom is -0.494 e. The van der Waals surface area contributed by atoms with Gasteiger partial charge in [0.1, 0.15) is 5.75 Å². The van der Waals surface area contributed by atoms with Crippen molar-refractivity contribution in [3.05, 3.63) is 58.1 Å². The first-order valence-corrected chi connectivity index (χ1v) is 10.2. The lowest BCUT2D eigenvalue weighted by Crippen LogP contribution is -2.30. The number of thioether (sulfide) groups is 1. The van der Waals surface area contributed by atoms with Gasteiger partial charge in [-0.05, 0) is 49.0 Å². The van der Waals surface area contributed by atoms with Crippen LogP contribution in [-0.2, 0) is 5.75 Å². The summed E-state index contributed by atoms with van der Waals surface area (Å²) in [6.45, 7) is 3.35. The Hall–Kier alpha value is -1.14. The zero-order valence-electron chi connectivity index (χ0n) is 13.9. The second kappa shape index (κ2) is 10.8. The van der Waals surface area contributed by atoms with Crippen LogP contribution in [0.3, 0.4) is 0 Å². The molecule has 0 amide bonds. The number of hydrogen-bond donors (Lipinski definition) is 2. The number of ether oxygens (including phenoxy) is 1. The van der Waals surface area contributed by atoms with Gasteiger partial charge in [0.25, 0.3) is 0 Å². The van der Waals surface area contributed by atoms with Gasteiger partial charge in [0.15, 0.2) is 5.11 Å². The molecular weight excluding hydrogens is 395 g/mol. The van der Waals surface area contributed by atoms with Gasteiger partial charge >= 0.3 is 0 Å². The highest BCUT2D eigenvalue weighted by Crippen LogP contribution is 2.28. The molecule has 2 aromatic rings. The third-order valence-corrected chi connectivity index (χ3v) is 5.18. The molecule has 2 N–H and O–H groups in total. The van der Waals surface area contributed by atoms with E-state index in [9.17, 15) is 0 Å². The van der Waals surface area contributed by atoms with Crippen LogP contribution in [0.4, 0.5) is 5.69 Å². The molecule has 0 aliphatic heterocycles. The summed E-state index contributed by atoms with van der Waals surface area (Å²) in [4.78, 5) is 0. The number of hydrogen-bond acceptors (Lipinski definition) is 3. The van der Waals surface area contributed by atoms with Crippen molar-refractivity contribution in [3.8, 4) is 5.75 Å². The number of halogens is 2. The first kappa shape index (κ1) is 20.2. The van der Waals surface area contributed by atoms with Crippen LogP contribution in [0.5, 0.6) is 5.75 Å². The molecule has 0 saturated heterocycles. The Bertz CT molecular complexity index is 693. The fourth-order valence-corrected chi connectivity index (χ4v) is 3.90. The minimum atomic E-state index is 0.588. The Balaban J connectivity index is 1.69. The largest absolute Gasteiger partial charge is 0.494 e. The summed E-state index contributed by atoms with van der Waals surface area (Å²) < 4.78 is 5.47. The van der Waals surface area contributed by atoms with E-state index in [2.05, 4.69) is 10.6 Å². The van der Waals surface area contributed by atoms with E-state index in [1.807, 2.05) is 49.4 Å². The molecule has 0 aliphatic rings. The highest BCUT2D eigenvalue weighted by atomic mass is 35.5. The summed E-state index contributed by atoms with van der Waals surface area (Å²) >= 11 is 19.4. The van der Waals surface area contributed by atoms with Crippen LogP contribution >= 0.6 is 47.2 Å². The van der Waals surface area contributed by atoms with Crippen LogP contribution in [0.1, 0.15) is 12.5 Å². The molecule has 0 unspecified atom stereocenters. The summed E-state index contributed by atoms with van der Waals surface area (Å²) in [5.74, 6) is 2.49. The van der Waals surface area contributed by atoms with Gasteiger partial charge in [0.05, 0.1) is 6.61 Å². The van der Waals surface area contributed by atoms with Gasteiger partial charge in [0, 0.05) is 39.8 Å². The van der Waals surface area contributed by atoms with E-state index in [-0.39, 0.29) is 0 Å². The third kappa shape index (κ3) is 6.94. The van der Waals surface area contributed by atoms with Gasteiger partial charge in [-0.15, -0.1) is 0 Å². The maximum atomic E-state index is 6.16. The smallest absolute Gasteiger partial charge is 0.170 e. The second-order valence-electron chi connectivity index (χ2n) is 5.09. The molecule has 0 bridgehead atoms. The summed E-state index contributed by atoms with van der Waals surface area (Å²) in [6, 6.07) is 13.3. The number of thiocarbonyl (C=S) groups is 1. The third-order valence-electron chi connectivity index (χ3n) is 3.24. The Morgan fingerprint density at radius 2 is 1.88 bits per heavy atom. The molecule has 2 aromatic carbocycles. The molecule has 0 spiro atoms. The SMILES string of the molecule is CCOc1cccc(NC(=S)NCCSCc2c(Cl)cccc2Cl)c1. The highest BCUT2D eigenvalue weighted by molar-refractivity contribution is 7.98. The van der Waals surface area contributed by atoms with Crippen molar-refractivity contribution < 1.29 is 4.74 Å². The Kier molecular flexibility index (Phi) is 8.68. The summed E-state index contributed by atoms with van der Waals surface area (Å²) in [5, 5.41) is 8.35. The lowest BCUT2D eigenvalue weighted by atomic mass is 10.2. The molecule has 0 heterocycles.